The van der Waals surface area contributed by atoms with Gasteiger partial charge in [-0.25, -0.2) is 4.79 Å². The Labute approximate surface area is 139 Å². The monoisotopic (exact) mass is 335 g/mol. The van der Waals surface area contributed by atoms with Crippen molar-refractivity contribution in [3.8, 4) is 0 Å². The van der Waals surface area contributed by atoms with Gasteiger partial charge in [0.25, 0.3) is 0 Å². The fourth-order valence-electron chi connectivity index (χ4n) is 2.25. The highest BCUT2D eigenvalue weighted by molar-refractivity contribution is 6.31. The van der Waals surface area contributed by atoms with Crippen molar-refractivity contribution in [2.24, 2.45) is 0 Å². The number of halogens is 1. The van der Waals surface area contributed by atoms with Gasteiger partial charge in [0.2, 0.25) is 5.91 Å². The molecule has 0 spiro atoms. The molecule has 0 fully saturated rings. The van der Waals surface area contributed by atoms with Crippen LogP contribution in [0.3, 0.4) is 0 Å². The zero-order valence-corrected chi connectivity index (χ0v) is 13.7. The topological polar surface area (TPSA) is 84.2 Å². The van der Waals surface area contributed by atoms with Crippen LogP contribution in [0.5, 0.6) is 0 Å². The van der Waals surface area contributed by atoms with Crippen LogP contribution in [0.1, 0.15) is 17.0 Å². The molecule has 0 saturated heterocycles. The van der Waals surface area contributed by atoms with Gasteiger partial charge < -0.3 is 10.4 Å². The molecule has 1 heterocycles. The lowest BCUT2D eigenvalue weighted by Gasteiger charge is -2.15. The van der Waals surface area contributed by atoms with Gasteiger partial charge in [-0.15, -0.1) is 0 Å². The van der Waals surface area contributed by atoms with E-state index in [0.29, 0.717) is 16.4 Å². The van der Waals surface area contributed by atoms with Crippen molar-refractivity contribution < 1.29 is 14.7 Å². The van der Waals surface area contributed by atoms with Gasteiger partial charge in [0, 0.05) is 6.42 Å². The van der Waals surface area contributed by atoms with Gasteiger partial charge in [-0.05, 0) is 19.4 Å². The summed E-state index contributed by atoms with van der Waals surface area (Å²) in [7, 11) is 0. The maximum atomic E-state index is 12.1. The van der Waals surface area contributed by atoms with Crippen LogP contribution in [-0.4, -0.2) is 32.8 Å². The highest BCUT2D eigenvalue weighted by Gasteiger charge is 2.21. The third kappa shape index (κ3) is 4.32. The summed E-state index contributed by atoms with van der Waals surface area (Å²) in [6.07, 6.45) is 0.222. The number of carbonyl (C=O) groups excluding carboxylic acids is 1. The van der Waals surface area contributed by atoms with Gasteiger partial charge in [-0.2, -0.15) is 5.10 Å². The van der Waals surface area contributed by atoms with Gasteiger partial charge >= 0.3 is 5.97 Å². The Balaban J connectivity index is 2.03. The van der Waals surface area contributed by atoms with E-state index in [1.165, 1.54) is 4.68 Å². The first-order valence-electron chi connectivity index (χ1n) is 7.14. The van der Waals surface area contributed by atoms with E-state index in [0.717, 1.165) is 5.56 Å². The molecule has 23 heavy (non-hydrogen) atoms. The molecule has 0 radical (unpaired) electrons. The summed E-state index contributed by atoms with van der Waals surface area (Å²) in [5.74, 6) is -1.50. The van der Waals surface area contributed by atoms with Crippen LogP contribution in [0.2, 0.25) is 5.02 Å². The Bertz CT molecular complexity index is 713. The lowest BCUT2D eigenvalue weighted by molar-refractivity contribution is -0.141. The number of hydrogen-bond donors (Lipinski definition) is 2. The number of nitrogens with one attached hydrogen (secondary N) is 1. The number of aliphatic carboxylic acids is 1. The summed E-state index contributed by atoms with van der Waals surface area (Å²) in [4.78, 5) is 23.5. The summed E-state index contributed by atoms with van der Waals surface area (Å²) >= 11 is 6.04. The summed E-state index contributed by atoms with van der Waals surface area (Å²) in [6, 6.07) is 8.16. The molecule has 0 unspecified atom stereocenters. The van der Waals surface area contributed by atoms with Crippen LogP contribution in [0.25, 0.3) is 0 Å². The number of aryl methyl sites for hydroxylation is 1. The molecule has 2 aromatic rings. The summed E-state index contributed by atoms with van der Waals surface area (Å²) < 4.78 is 1.47. The molecule has 1 atom stereocenters. The lowest BCUT2D eigenvalue weighted by atomic mass is 10.1. The van der Waals surface area contributed by atoms with Gasteiger partial charge in [-0.3, -0.25) is 9.48 Å². The number of amides is 1. The predicted octanol–water partition coefficient (Wildman–Crippen LogP) is 1.97. The van der Waals surface area contributed by atoms with Crippen molar-refractivity contribution in [3.63, 3.8) is 0 Å². The van der Waals surface area contributed by atoms with Crippen molar-refractivity contribution >= 4 is 23.5 Å². The minimum absolute atomic E-state index is 0.0715. The zero-order valence-electron chi connectivity index (χ0n) is 12.9. The predicted molar refractivity (Wildman–Crippen MR) is 86.4 cm³/mol. The average molecular weight is 336 g/mol. The van der Waals surface area contributed by atoms with Gasteiger partial charge in [-0.1, -0.05) is 41.9 Å². The number of carboxylic acids is 1. The molecule has 1 aromatic heterocycles. The fraction of sp³-hybridized carbons (Fsp3) is 0.312. The first-order valence-corrected chi connectivity index (χ1v) is 7.52. The van der Waals surface area contributed by atoms with Crippen molar-refractivity contribution in [2.45, 2.75) is 32.9 Å². The average Bonchev–Trinajstić information content (AvgIpc) is 2.75. The summed E-state index contributed by atoms with van der Waals surface area (Å²) in [5.41, 5.74) is 2.15. The highest BCUT2D eigenvalue weighted by Crippen LogP contribution is 2.18. The Kier molecular flexibility index (Phi) is 5.39. The van der Waals surface area contributed by atoms with Crippen LogP contribution in [0, 0.1) is 13.8 Å². The molecule has 2 N–H and O–H groups in total. The third-order valence-corrected chi connectivity index (χ3v) is 4.05. The summed E-state index contributed by atoms with van der Waals surface area (Å²) in [6.45, 7) is 3.44. The quantitative estimate of drug-likeness (QED) is 0.845. The first kappa shape index (κ1) is 17.0. The molecule has 0 aliphatic carbocycles. The minimum Gasteiger partial charge on any atom is -0.480 e. The van der Waals surface area contributed by atoms with E-state index >= 15 is 0 Å². The Morgan fingerprint density at radius 1 is 1.30 bits per heavy atom. The second-order valence-electron chi connectivity index (χ2n) is 5.29. The molecule has 0 aliphatic heterocycles. The van der Waals surface area contributed by atoms with Crippen LogP contribution >= 0.6 is 11.6 Å². The molecule has 7 heteroatoms. The maximum absolute atomic E-state index is 12.1. The number of carbonyl (C=O) groups is 2. The van der Waals surface area contributed by atoms with Crippen LogP contribution in [0.15, 0.2) is 30.3 Å². The third-order valence-electron chi connectivity index (χ3n) is 3.50. The van der Waals surface area contributed by atoms with Gasteiger partial charge in [0.15, 0.2) is 0 Å². The standard InChI is InChI=1S/C16H18ClN3O3/c1-10-15(17)11(2)20(19-10)9-14(21)18-13(16(22)23)8-12-6-4-3-5-7-12/h3-7,13H,8-9H2,1-2H3,(H,18,21)(H,22,23)/t13-/m1/s1. The molecule has 2 rings (SSSR count). The maximum Gasteiger partial charge on any atom is 0.326 e. The van der Waals surface area contributed by atoms with Crippen LogP contribution in [-0.2, 0) is 22.6 Å². The fourth-order valence-corrected chi connectivity index (χ4v) is 2.39. The highest BCUT2D eigenvalue weighted by atomic mass is 35.5. The molecular formula is C16H18ClN3O3. The minimum atomic E-state index is -1.08. The van der Waals surface area contributed by atoms with E-state index in [1.807, 2.05) is 30.3 Å². The molecule has 6 nitrogen and oxygen atoms in total. The van der Waals surface area contributed by atoms with Crippen molar-refractivity contribution in [3.05, 3.63) is 52.3 Å². The largest absolute Gasteiger partial charge is 0.480 e. The van der Waals surface area contributed by atoms with Gasteiger partial charge in [0.1, 0.15) is 12.6 Å². The van der Waals surface area contributed by atoms with Crippen LogP contribution in [0.4, 0.5) is 0 Å². The zero-order chi connectivity index (χ0) is 17.0. The second-order valence-corrected chi connectivity index (χ2v) is 5.67. The van der Waals surface area contributed by atoms with E-state index in [1.54, 1.807) is 13.8 Å². The van der Waals surface area contributed by atoms with Crippen molar-refractivity contribution in [1.82, 2.24) is 15.1 Å². The molecule has 1 aromatic carbocycles. The second kappa shape index (κ2) is 7.28. The van der Waals surface area contributed by atoms with Crippen molar-refractivity contribution in [2.75, 3.05) is 0 Å². The van der Waals surface area contributed by atoms with E-state index in [-0.39, 0.29) is 13.0 Å². The van der Waals surface area contributed by atoms with Crippen molar-refractivity contribution in [1.29, 1.82) is 0 Å². The van der Waals surface area contributed by atoms with E-state index < -0.39 is 17.9 Å². The number of rotatable bonds is 6. The molecule has 0 bridgehead atoms. The Hall–Kier alpha value is -2.34. The molecule has 0 saturated carbocycles. The van der Waals surface area contributed by atoms with Gasteiger partial charge in [0.05, 0.1) is 16.4 Å². The van der Waals surface area contributed by atoms with Crippen LogP contribution < -0.4 is 5.32 Å². The molecule has 122 valence electrons. The molecule has 1 amide bonds. The SMILES string of the molecule is Cc1nn(CC(=O)N[C@H](Cc2ccccc2)C(=O)O)c(C)c1Cl. The normalized spacial score (nSPS) is 12.0. The number of hydrogen-bond acceptors (Lipinski definition) is 3. The van der Waals surface area contributed by atoms with E-state index in [4.69, 9.17) is 11.6 Å². The number of aromatic nitrogens is 2. The van der Waals surface area contributed by atoms with E-state index in [9.17, 15) is 14.7 Å². The first-order chi connectivity index (χ1) is 10.9. The lowest BCUT2D eigenvalue weighted by Crippen LogP contribution is -2.43. The van der Waals surface area contributed by atoms with E-state index in [2.05, 4.69) is 10.4 Å². The smallest absolute Gasteiger partial charge is 0.326 e. The Morgan fingerprint density at radius 2 is 1.96 bits per heavy atom. The number of benzene rings is 1. The molecular weight excluding hydrogens is 318 g/mol. The number of carboxylic acid groups (broad SMARTS) is 1. The summed E-state index contributed by atoms with van der Waals surface area (Å²) in [5, 5.41) is 16.5. The number of nitrogens with zero attached hydrogens (tertiary/aromatic N) is 2. The molecule has 0 aliphatic rings. The Morgan fingerprint density at radius 3 is 2.48 bits per heavy atom.